The van der Waals surface area contributed by atoms with Crippen LogP contribution in [0.2, 0.25) is 0 Å². The summed E-state index contributed by atoms with van der Waals surface area (Å²) in [5.41, 5.74) is -0.421. The van der Waals surface area contributed by atoms with Gasteiger partial charge in [0.1, 0.15) is 0 Å². The predicted octanol–water partition coefficient (Wildman–Crippen LogP) is 3.67. The van der Waals surface area contributed by atoms with Crippen molar-refractivity contribution in [1.29, 1.82) is 0 Å². The Kier molecular flexibility index (Phi) is 4.67. The van der Waals surface area contributed by atoms with E-state index < -0.39 is 5.60 Å². The molecule has 0 aromatic rings. The molecule has 2 atom stereocenters. The third-order valence-corrected chi connectivity index (χ3v) is 3.58. The van der Waals surface area contributed by atoms with Gasteiger partial charge < -0.3 is 5.11 Å². The zero-order chi connectivity index (χ0) is 10.4. The van der Waals surface area contributed by atoms with E-state index in [1.54, 1.807) is 0 Å². The van der Waals surface area contributed by atoms with E-state index >= 15 is 0 Å². The summed E-state index contributed by atoms with van der Waals surface area (Å²) in [6.07, 6.45) is 11.0. The van der Waals surface area contributed by atoms with Gasteiger partial charge in [0.25, 0.3) is 0 Å². The van der Waals surface area contributed by atoms with Crippen molar-refractivity contribution in [3.63, 3.8) is 0 Å². The molecule has 1 aliphatic carbocycles. The summed E-state index contributed by atoms with van der Waals surface area (Å²) in [5, 5.41) is 10.5. The molecule has 0 bridgehead atoms. The van der Waals surface area contributed by atoms with Gasteiger partial charge in [-0.05, 0) is 31.6 Å². The lowest BCUT2D eigenvalue weighted by Crippen LogP contribution is -2.40. The van der Waals surface area contributed by atoms with Crippen molar-refractivity contribution in [2.75, 3.05) is 0 Å². The molecule has 1 aliphatic rings. The van der Waals surface area contributed by atoms with Crippen LogP contribution in [0.5, 0.6) is 0 Å². The van der Waals surface area contributed by atoms with E-state index in [-0.39, 0.29) is 0 Å². The van der Waals surface area contributed by atoms with Crippen molar-refractivity contribution in [1.82, 2.24) is 0 Å². The van der Waals surface area contributed by atoms with Crippen LogP contribution in [0.15, 0.2) is 12.7 Å². The molecule has 1 heteroatoms. The molecule has 0 aromatic carbocycles. The SMILES string of the molecule is C=CCC1(O)CCCCC1CCCC. The van der Waals surface area contributed by atoms with Crippen molar-refractivity contribution in [2.45, 2.75) is 63.9 Å². The smallest absolute Gasteiger partial charge is 0.0709 e. The average Bonchev–Trinajstić information content (AvgIpc) is 2.17. The van der Waals surface area contributed by atoms with Crippen molar-refractivity contribution < 1.29 is 5.11 Å². The molecule has 0 heterocycles. The lowest BCUT2D eigenvalue weighted by Gasteiger charge is -2.39. The molecule has 1 saturated carbocycles. The van der Waals surface area contributed by atoms with Crippen LogP contribution < -0.4 is 0 Å². The fourth-order valence-corrected chi connectivity index (χ4v) is 2.68. The van der Waals surface area contributed by atoms with Gasteiger partial charge in [-0.1, -0.05) is 38.7 Å². The molecule has 1 nitrogen and oxygen atoms in total. The lowest BCUT2D eigenvalue weighted by atomic mass is 9.71. The lowest BCUT2D eigenvalue weighted by molar-refractivity contribution is -0.0493. The second kappa shape index (κ2) is 5.55. The van der Waals surface area contributed by atoms with Gasteiger partial charge in [0.15, 0.2) is 0 Å². The molecule has 0 aromatic heterocycles. The molecule has 0 aliphatic heterocycles. The fourth-order valence-electron chi connectivity index (χ4n) is 2.68. The van der Waals surface area contributed by atoms with Crippen LogP contribution in [-0.4, -0.2) is 10.7 Å². The first kappa shape index (κ1) is 11.8. The van der Waals surface area contributed by atoms with Crippen LogP contribution in [0.1, 0.15) is 58.3 Å². The van der Waals surface area contributed by atoms with Gasteiger partial charge in [0.2, 0.25) is 0 Å². The first-order chi connectivity index (χ1) is 6.73. The second-order valence-electron chi connectivity index (χ2n) is 4.68. The first-order valence-corrected chi connectivity index (χ1v) is 6.06. The molecular formula is C13H24O. The van der Waals surface area contributed by atoms with Gasteiger partial charge in [-0.3, -0.25) is 0 Å². The molecule has 0 radical (unpaired) electrons. The van der Waals surface area contributed by atoms with Crippen molar-refractivity contribution in [3.05, 3.63) is 12.7 Å². The van der Waals surface area contributed by atoms with Gasteiger partial charge >= 0.3 is 0 Å². The molecule has 2 unspecified atom stereocenters. The zero-order valence-corrected chi connectivity index (χ0v) is 9.47. The van der Waals surface area contributed by atoms with Crippen molar-refractivity contribution in [2.24, 2.45) is 5.92 Å². The highest BCUT2D eigenvalue weighted by atomic mass is 16.3. The van der Waals surface area contributed by atoms with Crippen molar-refractivity contribution in [3.8, 4) is 0 Å². The topological polar surface area (TPSA) is 20.2 Å². The largest absolute Gasteiger partial charge is 0.389 e. The highest BCUT2D eigenvalue weighted by Crippen LogP contribution is 2.39. The summed E-state index contributed by atoms with van der Waals surface area (Å²) < 4.78 is 0. The van der Waals surface area contributed by atoms with Gasteiger partial charge in [-0.15, -0.1) is 6.58 Å². The molecule has 82 valence electrons. The molecule has 0 saturated heterocycles. The summed E-state index contributed by atoms with van der Waals surface area (Å²) in [5.74, 6) is 0.522. The fraction of sp³-hybridized carbons (Fsp3) is 0.846. The molecule has 14 heavy (non-hydrogen) atoms. The Morgan fingerprint density at radius 1 is 1.50 bits per heavy atom. The van der Waals surface area contributed by atoms with E-state index in [4.69, 9.17) is 0 Å². The standard InChI is InChI=1S/C13H24O/c1-3-5-8-12-9-6-7-11-13(12,14)10-4-2/h4,12,14H,2-3,5-11H2,1H3. The van der Waals surface area contributed by atoms with Crippen LogP contribution in [-0.2, 0) is 0 Å². The number of hydrogen-bond acceptors (Lipinski definition) is 1. The number of rotatable bonds is 5. The monoisotopic (exact) mass is 196 g/mol. The Hall–Kier alpha value is -0.300. The van der Waals surface area contributed by atoms with Crippen LogP contribution >= 0.6 is 0 Å². The minimum absolute atomic E-state index is 0.421. The normalized spacial score (nSPS) is 32.9. The van der Waals surface area contributed by atoms with Crippen LogP contribution in [0.25, 0.3) is 0 Å². The third-order valence-electron chi connectivity index (χ3n) is 3.58. The first-order valence-electron chi connectivity index (χ1n) is 6.06. The van der Waals surface area contributed by atoms with Crippen LogP contribution in [0.3, 0.4) is 0 Å². The average molecular weight is 196 g/mol. The summed E-state index contributed by atoms with van der Waals surface area (Å²) in [6, 6.07) is 0. The van der Waals surface area contributed by atoms with E-state index in [0.717, 1.165) is 12.8 Å². The number of hydrogen-bond donors (Lipinski definition) is 1. The van der Waals surface area contributed by atoms with Crippen LogP contribution in [0, 0.1) is 5.92 Å². The summed E-state index contributed by atoms with van der Waals surface area (Å²) >= 11 is 0. The Bertz CT molecular complexity index is 176. The molecular weight excluding hydrogens is 172 g/mol. The molecule has 0 spiro atoms. The summed E-state index contributed by atoms with van der Waals surface area (Å²) in [6.45, 7) is 5.97. The highest BCUT2D eigenvalue weighted by Gasteiger charge is 2.36. The van der Waals surface area contributed by atoms with Gasteiger partial charge in [-0.2, -0.15) is 0 Å². The quantitative estimate of drug-likeness (QED) is 0.665. The highest BCUT2D eigenvalue weighted by molar-refractivity contribution is 4.94. The Morgan fingerprint density at radius 3 is 2.93 bits per heavy atom. The third kappa shape index (κ3) is 2.84. The Balaban J connectivity index is 2.52. The van der Waals surface area contributed by atoms with Crippen LogP contribution in [0.4, 0.5) is 0 Å². The number of unbranched alkanes of at least 4 members (excludes halogenated alkanes) is 1. The zero-order valence-electron chi connectivity index (χ0n) is 9.47. The van der Waals surface area contributed by atoms with E-state index in [1.807, 2.05) is 6.08 Å². The minimum Gasteiger partial charge on any atom is -0.389 e. The van der Waals surface area contributed by atoms with Gasteiger partial charge in [-0.25, -0.2) is 0 Å². The molecule has 1 fully saturated rings. The molecule has 1 N–H and O–H groups in total. The van der Waals surface area contributed by atoms with E-state index in [0.29, 0.717) is 5.92 Å². The van der Waals surface area contributed by atoms with E-state index in [2.05, 4.69) is 13.5 Å². The van der Waals surface area contributed by atoms with Gasteiger partial charge in [0, 0.05) is 0 Å². The Morgan fingerprint density at radius 2 is 2.29 bits per heavy atom. The number of aliphatic hydroxyl groups is 1. The maximum absolute atomic E-state index is 10.5. The maximum atomic E-state index is 10.5. The van der Waals surface area contributed by atoms with Gasteiger partial charge in [0.05, 0.1) is 5.60 Å². The maximum Gasteiger partial charge on any atom is 0.0709 e. The molecule has 0 amide bonds. The van der Waals surface area contributed by atoms with E-state index in [9.17, 15) is 5.11 Å². The minimum atomic E-state index is -0.421. The summed E-state index contributed by atoms with van der Waals surface area (Å²) in [7, 11) is 0. The van der Waals surface area contributed by atoms with E-state index in [1.165, 1.54) is 38.5 Å². The summed E-state index contributed by atoms with van der Waals surface area (Å²) in [4.78, 5) is 0. The Labute approximate surface area is 88.2 Å². The predicted molar refractivity (Wildman–Crippen MR) is 61.2 cm³/mol. The second-order valence-corrected chi connectivity index (χ2v) is 4.68. The van der Waals surface area contributed by atoms with Crippen molar-refractivity contribution >= 4 is 0 Å². The molecule has 1 rings (SSSR count).